The molecule has 0 aromatic heterocycles. The molecule has 0 radical (unpaired) electrons. The van der Waals surface area contributed by atoms with Crippen molar-refractivity contribution in [3.63, 3.8) is 0 Å². The number of carbonyl (C=O) groups is 1. The zero-order chi connectivity index (χ0) is 10.2. The van der Waals surface area contributed by atoms with Crippen molar-refractivity contribution in [2.24, 2.45) is 17.3 Å². The summed E-state index contributed by atoms with van der Waals surface area (Å²) in [6.07, 6.45) is 8.99. The van der Waals surface area contributed by atoms with Crippen LogP contribution in [0.4, 0.5) is 0 Å². The highest BCUT2D eigenvalue weighted by molar-refractivity contribution is 5.90. The molecule has 0 aromatic carbocycles. The summed E-state index contributed by atoms with van der Waals surface area (Å²) in [5.74, 6) is 1.46. The van der Waals surface area contributed by atoms with Crippen LogP contribution in [0.3, 0.4) is 0 Å². The summed E-state index contributed by atoms with van der Waals surface area (Å²) in [7, 11) is 0. The van der Waals surface area contributed by atoms with Gasteiger partial charge in [-0.25, -0.2) is 0 Å². The van der Waals surface area contributed by atoms with Crippen LogP contribution in [0.25, 0.3) is 0 Å². The molecule has 2 aliphatic rings. The van der Waals surface area contributed by atoms with Crippen molar-refractivity contribution in [2.45, 2.75) is 32.1 Å². The lowest BCUT2D eigenvalue weighted by Gasteiger charge is -2.34. The first-order valence-electron chi connectivity index (χ1n) is 5.50. The highest BCUT2D eigenvalue weighted by Crippen LogP contribution is 2.57. The van der Waals surface area contributed by atoms with Crippen molar-refractivity contribution in [3.8, 4) is 0 Å². The third-order valence-electron chi connectivity index (χ3n) is 4.09. The Balaban J connectivity index is 2.29. The first kappa shape index (κ1) is 9.70. The second-order valence-electron chi connectivity index (χ2n) is 4.71. The molecule has 0 aromatic rings. The molecule has 76 valence electrons. The van der Waals surface area contributed by atoms with Crippen LogP contribution in [0.2, 0.25) is 0 Å². The Morgan fingerprint density at radius 2 is 1.93 bits per heavy atom. The number of rotatable bonds is 4. The molecule has 2 fully saturated rings. The Hall–Kier alpha value is -0.850. The summed E-state index contributed by atoms with van der Waals surface area (Å²) in [4.78, 5) is 12.2. The smallest absolute Gasteiger partial charge is 0.143 e. The van der Waals surface area contributed by atoms with Gasteiger partial charge < -0.3 is 0 Å². The molecule has 2 unspecified atom stereocenters. The third-order valence-corrected chi connectivity index (χ3v) is 4.09. The second kappa shape index (κ2) is 3.38. The SMILES string of the molecule is C=CCC1(CC=C)C(=O)C2CCC1C2. The van der Waals surface area contributed by atoms with Gasteiger partial charge in [-0.05, 0) is 38.0 Å². The predicted octanol–water partition coefficient (Wildman–Crippen LogP) is 3.12. The van der Waals surface area contributed by atoms with Crippen LogP contribution in [-0.2, 0) is 4.79 Å². The maximum atomic E-state index is 12.2. The first-order chi connectivity index (χ1) is 6.74. The molecule has 2 atom stereocenters. The summed E-state index contributed by atoms with van der Waals surface area (Å²) in [6, 6.07) is 0. The summed E-state index contributed by atoms with van der Waals surface area (Å²) in [6.45, 7) is 7.57. The summed E-state index contributed by atoms with van der Waals surface area (Å²) >= 11 is 0. The maximum absolute atomic E-state index is 12.2. The zero-order valence-corrected chi connectivity index (χ0v) is 8.67. The van der Waals surface area contributed by atoms with Crippen LogP contribution in [-0.4, -0.2) is 5.78 Å². The van der Waals surface area contributed by atoms with E-state index in [0.717, 1.165) is 25.7 Å². The van der Waals surface area contributed by atoms with E-state index in [9.17, 15) is 4.79 Å². The Bertz CT molecular complexity index is 267. The molecule has 14 heavy (non-hydrogen) atoms. The summed E-state index contributed by atoms with van der Waals surface area (Å²) in [5.41, 5.74) is -0.105. The molecule has 0 spiro atoms. The van der Waals surface area contributed by atoms with Crippen molar-refractivity contribution in [2.75, 3.05) is 0 Å². The highest BCUT2D eigenvalue weighted by Gasteiger charge is 2.55. The Morgan fingerprint density at radius 1 is 1.29 bits per heavy atom. The van der Waals surface area contributed by atoms with Crippen LogP contribution in [0.5, 0.6) is 0 Å². The van der Waals surface area contributed by atoms with E-state index < -0.39 is 0 Å². The van der Waals surface area contributed by atoms with Crippen LogP contribution in [0, 0.1) is 17.3 Å². The number of hydrogen-bond acceptors (Lipinski definition) is 1. The van der Waals surface area contributed by atoms with Gasteiger partial charge in [0.05, 0.1) is 0 Å². The van der Waals surface area contributed by atoms with Gasteiger partial charge in [-0.2, -0.15) is 0 Å². The summed E-state index contributed by atoms with van der Waals surface area (Å²) < 4.78 is 0. The number of ketones is 1. The number of allylic oxidation sites excluding steroid dienone is 2. The number of hydrogen-bond donors (Lipinski definition) is 0. The van der Waals surface area contributed by atoms with Gasteiger partial charge in [-0.3, -0.25) is 4.79 Å². The molecule has 1 nitrogen and oxygen atoms in total. The van der Waals surface area contributed by atoms with Gasteiger partial charge in [0, 0.05) is 11.3 Å². The first-order valence-corrected chi connectivity index (χ1v) is 5.50. The van der Waals surface area contributed by atoms with Crippen LogP contribution < -0.4 is 0 Å². The van der Waals surface area contributed by atoms with Crippen molar-refractivity contribution in [1.29, 1.82) is 0 Å². The lowest BCUT2D eigenvalue weighted by Crippen LogP contribution is -2.36. The molecule has 0 N–H and O–H groups in total. The van der Waals surface area contributed by atoms with E-state index in [2.05, 4.69) is 13.2 Å². The fraction of sp³-hybridized carbons (Fsp3) is 0.615. The van der Waals surface area contributed by atoms with E-state index in [1.165, 1.54) is 6.42 Å². The predicted molar refractivity (Wildman–Crippen MR) is 57.9 cm³/mol. The molecule has 0 amide bonds. The molecule has 0 aliphatic heterocycles. The van der Waals surface area contributed by atoms with Gasteiger partial charge in [0.25, 0.3) is 0 Å². The van der Waals surface area contributed by atoms with Gasteiger partial charge in [0.1, 0.15) is 5.78 Å². The Kier molecular flexibility index (Phi) is 2.34. The monoisotopic (exact) mass is 190 g/mol. The molecular weight excluding hydrogens is 172 g/mol. The number of fused-ring (bicyclic) bond motifs is 2. The lowest BCUT2D eigenvalue weighted by molar-refractivity contribution is -0.132. The average Bonchev–Trinajstić information content (AvgIpc) is 2.71. The van der Waals surface area contributed by atoms with Crippen LogP contribution in [0.1, 0.15) is 32.1 Å². The summed E-state index contributed by atoms with van der Waals surface area (Å²) in [5, 5.41) is 0. The van der Waals surface area contributed by atoms with Crippen molar-refractivity contribution >= 4 is 5.78 Å². The fourth-order valence-electron chi connectivity index (χ4n) is 3.46. The van der Waals surface area contributed by atoms with Gasteiger partial charge in [0.2, 0.25) is 0 Å². The molecular formula is C13H18O. The molecule has 0 saturated heterocycles. The van der Waals surface area contributed by atoms with Gasteiger partial charge >= 0.3 is 0 Å². The molecule has 2 bridgehead atoms. The highest BCUT2D eigenvalue weighted by atomic mass is 16.1. The van der Waals surface area contributed by atoms with Crippen LogP contribution >= 0.6 is 0 Å². The molecule has 2 saturated carbocycles. The van der Waals surface area contributed by atoms with E-state index >= 15 is 0 Å². The van der Waals surface area contributed by atoms with E-state index in [0.29, 0.717) is 17.6 Å². The van der Waals surface area contributed by atoms with Gasteiger partial charge in [0.15, 0.2) is 0 Å². The minimum Gasteiger partial charge on any atom is -0.299 e. The Labute approximate surface area is 85.9 Å². The van der Waals surface area contributed by atoms with E-state index in [-0.39, 0.29) is 5.41 Å². The van der Waals surface area contributed by atoms with E-state index in [4.69, 9.17) is 0 Å². The van der Waals surface area contributed by atoms with E-state index in [1.807, 2.05) is 12.2 Å². The standard InChI is InChI=1S/C13H18O/c1-3-7-13(8-4-2)11-6-5-10(9-11)12(13)14/h3-4,10-11H,1-2,5-9H2. The molecule has 1 heteroatoms. The Morgan fingerprint density at radius 3 is 2.36 bits per heavy atom. The van der Waals surface area contributed by atoms with Crippen LogP contribution in [0.15, 0.2) is 25.3 Å². The largest absolute Gasteiger partial charge is 0.299 e. The lowest BCUT2D eigenvalue weighted by atomic mass is 9.68. The zero-order valence-electron chi connectivity index (χ0n) is 8.67. The van der Waals surface area contributed by atoms with E-state index in [1.54, 1.807) is 0 Å². The van der Waals surface area contributed by atoms with Gasteiger partial charge in [-0.1, -0.05) is 12.2 Å². The van der Waals surface area contributed by atoms with Crippen molar-refractivity contribution in [1.82, 2.24) is 0 Å². The molecule has 0 heterocycles. The molecule has 2 aliphatic carbocycles. The fourth-order valence-corrected chi connectivity index (χ4v) is 3.46. The van der Waals surface area contributed by atoms with Crippen molar-refractivity contribution in [3.05, 3.63) is 25.3 Å². The quantitative estimate of drug-likeness (QED) is 0.622. The minimum absolute atomic E-state index is 0.105. The average molecular weight is 190 g/mol. The second-order valence-corrected chi connectivity index (χ2v) is 4.71. The number of Topliss-reactive ketones (excluding diaryl/α,β-unsaturated/α-hetero) is 1. The number of carbonyl (C=O) groups excluding carboxylic acids is 1. The van der Waals surface area contributed by atoms with Gasteiger partial charge in [-0.15, -0.1) is 13.2 Å². The van der Waals surface area contributed by atoms with Crippen molar-refractivity contribution < 1.29 is 4.79 Å². The third kappa shape index (κ3) is 1.11. The topological polar surface area (TPSA) is 17.1 Å². The normalized spacial score (nSPS) is 33.3. The molecule has 2 rings (SSSR count). The maximum Gasteiger partial charge on any atom is 0.143 e. The minimum atomic E-state index is -0.105.